The van der Waals surface area contributed by atoms with E-state index in [2.05, 4.69) is 30.1 Å². The molecular formula is C30H42N4O3. The van der Waals surface area contributed by atoms with Crippen LogP contribution in [0.1, 0.15) is 72.1 Å². The maximum absolute atomic E-state index is 10.6. The SMILES string of the molecule is CC.CC1=CCC=c2c(N3CCCCC3)nc(-c3ccccc3O)nc2=C1.NC(=O)C1CCCCCO1. The highest BCUT2D eigenvalue weighted by Gasteiger charge is 2.18. The van der Waals surface area contributed by atoms with Crippen LogP contribution in [0.25, 0.3) is 23.5 Å². The zero-order chi connectivity index (χ0) is 26.6. The molecule has 2 fully saturated rings. The van der Waals surface area contributed by atoms with Gasteiger partial charge in [-0.3, -0.25) is 4.79 Å². The van der Waals surface area contributed by atoms with E-state index >= 15 is 0 Å². The number of aromatic nitrogens is 2. The van der Waals surface area contributed by atoms with E-state index in [9.17, 15) is 9.90 Å². The number of carbonyl (C=O) groups excluding carboxylic acids is 1. The summed E-state index contributed by atoms with van der Waals surface area (Å²) in [6.45, 7) is 8.85. The standard InChI is InChI=1S/C21H23N3O.C7H13NO2.C2H6/c1-15-8-7-10-16-18(14-15)22-20(17-9-3-4-11-19(17)25)23-21(16)24-12-5-2-6-13-24;8-7(9)6-4-2-1-3-5-10-6;1-2/h3-4,8-11,14,25H,2,5-7,12-13H2,1H3;6H,1-5H2,(H2,8,9);1-2H3. The number of anilines is 1. The van der Waals surface area contributed by atoms with E-state index in [0.29, 0.717) is 18.0 Å². The third-order valence-corrected chi connectivity index (χ3v) is 6.63. The molecule has 1 amide bonds. The number of fused-ring (bicyclic) bond motifs is 1. The molecule has 1 atom stereocenters. The summed E-state index contributed by atoms with van der Waals surface area (Å²) in [6.07, 6.45) is 14.9. The minimum absolute atomic E-state index is 0.219. The van der Waals surface area contributed by atoms with E-state index in [1.807, 2.05) is 32.0 Å². The number of nitrogens with two attached hydrogens (primary N) is 1. The summed E-state index contributed by atoms with van der Waals surface area (Å²) in [4.78, 5) is 22.7. The van der Waals surface area contributed by atoms with Crippen LogP contribution in [0.4, 0.5) is 5.82 Å². The number of piperidine rings is 1. The van der Waals surface area contributed by atoms with Gasteiger partial charge in [0, 0.05) is 24.9 Å². The number of aromatic hydroxyl groups is 1. The van der Waals surface area contributed by atoms with Gasteiger partial charge in [0.2, 0.25) is 5.91 Å². The monoisotopic (exact) mass is 506 g/mol. The molecule has 2 saturated heterocycles. The first-order valence-electron chi connectivity index (χ1n) is 13.7. The van der Waals surface area contributed by atoms with Crippen molar-refractivity contribution in [2.45, 2.75) is 78.2 Å². The van der Waals surface area contributed by atoms with Gasteiger partial charge in [-0.15, -0.1) is 0 Å². The van der Waals surface area contributed by atoms with Gasteiger partial charge in [0.25, 0.3) is 0 Å². The molecular weight excluding hydrogens is 464 g/mol. The number of phenolic OH excluding ortho intramolecular Hbond substituents is 1. The maximum Gasteiger partial charge on any atom is 0.246 e. The van der Waals surface area contributed by atoms with Crippen LogP contribution in [0.3, 0.4) is 0 Å². The van der Waals surface area contributed by atoms with Crippen molar-refractivity contribution < 1.29 is 14.6 Å². The molecule has 3 N–H and O–H groups in total. The molecule has 3 aliphatic rings. The van der Waals surface area contributed by atoms with Crippen LogP contribution in [0, 0.1) is 0 Å². The van der Waals surface area contributed by atoms with Crippen LogP contribution in [0.15, 0.2) is 35.9 Å². The van der Waals surface area contributed by atoms with E-state index in [-0.39, 0.29) is 17.8 Å². The lowest BCUT2D eigenvalue weighted by Gasteiger charge is -2.28. The average Bonchev–Trinajstić information content (AvgIpc) is 3.31. The van der Waals surface area contributed by atoms with Gasteiger partial charge in [-0.25, -0.2) is 9.97 Å². The van der Waals surface area contributed by atoms with E-state index in [4.69, 9.17) is 20.4 Å². The Kier molecular flexibility index (Phi) is 11.1. The number of primary amides is 1. The van der Waals surface area contributed by atoms with Crippen molar-refractivity contribution in [3.8, 4) is 17.1 Å². The molecule has 5 rings (SSSR count). The first kappa shape index (κ1) is 28.4. The van der Waals surface area contributed by atoms with Crippen LogP contribution >= 0.6 is 0 Å². The third kappa shape index (κ3) is 7.89. The van der Waals surface area contributed by atoms with E-state index in [1.54, 1.807) is 6.07 Å². The van der Waals surface area contributed by atoms with E-state index in [1.165, 1.54) is 24.8 Å². The van der Waals surface area contributed by atoms with Crippen molar-refractivity contribution in [1.29, 1.82) is 0 Å². The molecule has 7 heteroatoms. The highest BCUT2D eigenvalue weighted by Crippen LogP contribution is 2.26. The van der Waals surface area contributed by atoms with Crippen LogP contribution in [0.2, 0.25) is 0 Å². The van der Waals surface area contributed by atoms with Crippen LogP contribution < -0.4 is 21.2 Å². The van der Waals surface area contributed by atoms with Gasteiger partial charge in [-0.1, -0.05) is 56.5 Å². The van der Waals surface area contributed by atoms with Crippen LogP contribution in [-0.4, -0.2) is 46.8 Å². The number of hydrogen-bond donors (Lipinski definition) is 2. The molecule has 0 radical (unpaired) electrons. The van der Waals surface area contributed by atoms with Crippen molar-refractivity contribution in [2.75, 3.05) is 24.6 Å². The third-order valence-electron chi connectivity index (χ3n) is 6.63. The molecule has 3 heterocycles. The van der Waals surface area contributed by atoms with Gasteiger partial charge in [-0.2, -0.15) is 0 Å². The van der Waals surface area contributed by atoms with Crippen LogP contribution in [0.5, 0.6) is 5.75 Å². The number of ether oxygens (including phenoxy) is 1. The molecule has 2 aromatic rings. The van der Waals surface area contributed by atoms with Crippen molar-refractivity contribution in [2.24, 2.45) is 5.73 Å². The average molecular weight is 507 g/mol. The summed E-state index contributed by atoms with van der Waals surface area (Å²) < 4.78 is 5.19. The molecule has 0 saturated carbocycles. The Morgan fingerprint density at radius 3 is 2.49 bits per heavy atom. The molecule has 0 spiro atoms. The minimum Gasteiger partial charge on any atom is -0.507 e. The van der Waals surface area contributed by atoms with Gasteiger partial charge in [0.15, 0.2) is 5.82 Å². The number of allylic oxidation sites excluding steroid dienone is 2. The first-order valence-corrected chi connectivity index (χ1v) is 13.7. The number of para-hydroxylation sites is 1. The summed E-state index contributed by atoms with van der Waals surface area (Å²) in [5.41, 5.74) is 6.97. The summed E-state index contributed by atoms with van der Waals surface area (Å²) in [7, 11) is 0. The number of carbonyl (C=O) groups is 1. The fraction of sp³-hybridized carbons (Fsp3) is 0.500. The predicted octanol–water partition coefficient (Wildman–Crippen LogP) is 4.21. The van der Waals surface area contributed by atoms with Crippen molar-refractivity contribution in [1.82, 2.24) is 9.97 Å². The maximum atomic E-state index is 10.6. The lowest BCUT2D eigenvalue weighted by molar-refractivity contribution is -0.129. The number of nitrogens with zero attached hydrogens (tertiary/aromatic N) is 3. The lowest BCUT2D eigenvalue weighted by atomic mass is 10.1. The lowest BCUT2D eigenvalue weighted by Crippen LogP contribution is -2.40. The number of benzene rings is 1. The number of rotatable bonds is 3. The van der Waals surface area contributed by atoms with Gasteiger partial charge in [-0.05, 0) is 63.7 Å². The second-order valence-electron chi connectivity index (χ2n) is 9.38. The summed E-state index contributed by atoms with van der Waals surface area (Å²) in [5, 5.41) is 12.3. The molecule has 7 nitrogen and oxygen atoms in total. The Morgan fingerprint density at radius 1 is 1.03 bits per heavy atom. The Labute approximate surface area is 220 Å². The number of amides is 1. The molecule has 1 aromatic carbocycles. The normalized spacial score (nSPS) is 19.1. The van der Waals surface area contributed by atoms with Crippen molar-refractivity contribution >= 4 is 23.9 Å². The molecule has 1 aliphatic carbocycles. The molecule has 200 valence electrons. The van der Waals surface area contributed by atoms with Gasteiger partial charge in [0.1, 0.15) is 17.7 Å². The van der Waals surface area contributed by atoms with E-state index < -0.39 is 0 Å². The summed E-state index contributed by atoms with van der Waals surface area (Å²) in [5.74, 6) is 1.50. The Balaban J connectivity index is 0.000000266. The Morgan fingerprint density at radius 2 is 1.76 bits per heavy atom. The van der Waals surface area contributed by atoms with E-state index in [0.717, 1.165) is 61.6 Å². The molecule has 1 unspecified atom stereocenters. The zero-order valence-corrected chi connectivity index (χ0v) is 22.6. The Hall–Kier alpha value is -3.19. The smallest absolute Gasteiger partial charge is 0.246 e. The van der Waals surface area contributed by atoms with Crippen molar-refractivity contribution in [3.63, 3.8) is 0 Å². The van der Waals surface area contributed by atoms with Gasteiger partial charge in [0.05, 0.1) is 10.9 Å². The quantitative estimate of drug-likeness (QED) is 0.647. The molecule has 1 aromatic heterocycles. The van der Waals surface area contributed by atoms with Gasteiger partial charge >= 0.3 is 0 Å². The molecule has 37 heavy (non-hydrogen) atoms. The van der Waals surface area contributed by atoms with Gasteiger partial charge < -0.3 is 20.5 Å². The zero-order valence-electron chi connectivity index (χ0n) is 22.6. The second-order valence-corrected chi connectivity index (χ2v) is 9.38. The van der Waals surface area contributed by atoms with Crippen LogP contribution in [-0.2, 0) is 9.53 Å². The summed E-state index contributed by atoms with van der Waals surface area (Å²) in [6, 6.07) is 7.29. The number of hydrogen-bond acceptors (Lipinski definition) is 6. The highest BCUT2D eigenvalue weighted by molar-refractivity contribution is 5.78. The minimum atomic E-state index is -0.318. The molecule has 2 aliphatic heterocycles. The topological polar surface area (TPSA) is 102 Å². The molecule has 0 bridgehead atoms. The number of phenols is 1. The fourth-order valence-electron chi connectivity index (χ4n) is 4.69. The highest BCUT2D eigenvalue weighted by atomic mass is 16.5. The Bertz CT molecular complexity index is 1180. The second kappa shape index (κ2) is 14.5. The fourth-order valence-corrected chi connectivity index (χ4v) is 4.69. The summed E-state index contributed by atoms with van der Waals surface area (Å²) >= 11 is 0. The predicted molar refractivity (Wildman–Crippen MR) is 151 cm³/mol. The first-order chi connectivity index (χ1) is 18.0. The largest absolute Gasteiger partial charge is 0.507 e. The van der Waals surface area contributed by atoms with Crippen molar-refractivity contribution in [3.05, 3.63) is 46.5 Å².